The van der Waals surface area contributed by atoms with Crippen molar-refractivity contribution in [3.05, 3.63) is 83.9 Å². The van der Waals surface area contributed by atoms with E-state index in [2.05, 4.69) is 15.3 Å². The SMILES string of the molecule is CCOc1cc(-c2cc(NCCc3ccc(F)c4ccccc34)ncn2)ccc1C(=O)O. The third-order valence-electron chi connectivity index (χ3n) is 5.14. The van der Waals surface area contributed by atoms with Crippen molar-refractivity contribution in [3.63, 3.8) is 0 Å². The van der Waals surface area contributed by atoms with Gasteiger partial charge in [0.15, 0.2) is 0 Å². The molecule has 0 radical (unpaired) electrons. The highest BCUT2D eigenvalue weighted by Crippen LogP contribution is 2.27. The highest BCUT2D eigenvalue weighted by molar-refractivity contribution is 5.92. The molecule has 0 spiro atoms. The molecule has 0 aliphatic rings. The van der Waals surface area contributed by atoms with Crippen molar-refractivity contribution in [1.82, 2.24) is 9.97 Å². The lowest BCUT2D eigenvalue weighted by molar-refractivity contribution is 0.0692. The summed E-state index contributed by atoms with van der Waals surface area (Å²) in [5.74, 6) is -0.327. The van der Waals surface area contributed by atoms with Crippen LogP contribution in [0, 0.1) is 5.82 Å². The van der Waals surface area contributed by atoms with E-state index < -0.39 is 5.97 Å². The van der Waals surface area contributed by atoms with Crippen LogP contribution in [-0.4, -0.2) is 34.2 Å². The number of carboxylic acids is 1. The van der Waals surface area contributed by atoms with Crippen LogP contribution in [0.3, 0.4) is 0 Å². The predicted octanol–water partition coefficient (Wildman–Crippen LogP) is 5.19. The van der Waals surface area contributed by atoms with E-state index in [1.807, 2.05) is 24.3 Å². The molecule has 32 heavy (non-hydrogen) atoms. The highest BCUT2D eigenvalue weighted by atomic mass is 19.1. The maximum atomic E-state index is 14.0. The normalized spacial score (nSPS) is 10.8. The van der Waals surface area contributed by atoms with Gasteiger partial charge in [0.1, 0.15) is 29.3 Å². The summed E-state index contributed by atoms with van der Waals surface area (Å²) in [6.45, 7) is 2.77. The number of nitrogens with zero attached hydrogens (tertiary/aromatic N) is 2. The minimum atomic E-state index is -1.04. The van der Waals surface area contributed by atoms with Crippen molar-refractivity contribution in [3.8, 4) is 17.0 Å². The van der Waals surface area contributed by atoms with Gasteiger partial charge in [-0.15, -0.1) is 0 Å². The summed E-state index contributed by atoms with van der Waals surface area (Å²) in [5.41, 5.74) is 2.53. The summed E-state index contributed by atoms with van der Waals surface area (Å²) < 4.78 is 19.5. The minimum Gasteiger partial charge on any atom is -0.493 e. The first-order valence-corrected chi connectivity index (χ1v) is 10.3. The number of halogens is 1. The molecule has 6 nitrogen and oxygen atoms in total. The van der Waals surface area contributed by atoms with Crippen molar-refractivity contribution in [2.24, 2.45) is 0 Å². The molecule has 4 aromatic rings. The van der Waals surface area contributed by atoms with E-state index in [9.17, 15) is 14.3 Å². The lowest BCUT2D eigenvalue weighted by Gasteiger charge is -2.11. The van der Waals surface area contributed by atoms with Crippen LogP contribution < -0.4 is 10.1 Å². The van der Waals surface area contributed by atoms with Crippen LogP contribution in [0.1, 0.15) is 22.8 Å². The number of rotatable bonds is 8. The number of fused-ring (bicyclic) bond motifs is 1. The van der Waals surface area contributed by atoms with Crippen LogP contribution in [-0.2, 0) is 6.42 Å². The lowest BCUT2D eigenvalue weighted by atomic mass is 10.0. The van der Waals surface area contributed by atoms with Crippen LogP contribution in [0.15, 0.2) is 67.0 Å². The van der Waals surface area contributed by atoms with Gasteiger partial charge in [-0.05, 0) is 42.5 Å². The number of ether oxygens (including phenoxy) is 1. The molecule has 0 atom stereocenters. The first-order valence-electron chi connectivity index (χ1n) is 10.3. The number of anilines is 1. The number of aromatic carboxylic acids is 1. The van der Waals surface area contributed by atoms with Crippen LogP contribution in [0.4, 0.5) is 10.2 Å². The third-order valence-corrected chi connectivity index (χ3v) is 5.14. The van der Waals surface area contributed by atoms with E-state index in [4.69, 9.17) is 4.74 Å². The Morgan fingerprint density at radius 3 is 2.66 bits per heavy atom. The Morgan fingerprint density at radius 1 is 1.06 bits per heavy atom. The Hall–Kier alpha value is -4.00. The smallest absolute Gasteiger partial charge is 0.339 e. The molecule has 0 saturated carbocycles. The maximum absolute atomic E-state index is 14.0. The Bertz CT molecular complexity index is 1280. The second-order valence-electron chi connectivity index (χ2n) is 7.17. The molecule has 0 unspecified atom stereocenters. The van der Waals surface area contributed by atoms with Crippen LogP contribution in [0.5, 0.6) is 5.75 Å². The molecule has 0 amide bonds. The van der Waals surface area contributed by atoms with Crippen molar-refractivity contribution in [2.75, 3.05) is 18.5 Å². The largest absolute Gasteiger partial charge is 0.493 e. The highest BCUT2D eigenvalue weighted by Gasteiger charge is 2.13. The van der Waals surface area contributed by atoms with Gasteiger partial charge in [-0.1, -0.05) is 36.4 Å². The Balaban J connectivity index is 1.50. The summed E-state index contributed by atoms with van der Waals surface area (Å²) in [4.78, 5) is 20.0. The predicted molar refractivity (Wildman–Crippen MR) is 122 cm³/mol. The monoisotopic (exact) mass is 431 g/mol. The Kier molecular flexibility index (Phi) is 6.26. The summed E-state index contributed by atoms with van der Waals surface area (Å²) in [6, 6.07) is 17.4. The molecule has 0 aliphatic heterocycles. The van der Waals surface area contributed by atoms with Gasteiger partial charge in [-0.2, -0.15) is 0 Å². The Labute approximate surface area is 184 Å². The quantitative estimate of drug-likeness (QED) is 0.400. The van der Waals surface area contributed by atoms with E-state index in [1.54, 1.807) is 31.2 Å². The van der Waals surface area contributed by atoms with Gasteiger partial charge in [0.05, 0.1) is 12.3 Å². The molecule has 3 aromatic carbocycles. The fraction of sp³-hybridized carbons (Fsp3) is 0.160. The molecule has 0 saturated heterocycles. The molecule has 0 aliphatic carbocycles. The molecule has 0 fully saturated rings. The van der Waals surface area contributed by atoms with E-state index in [-0.39, 0.29) is 11.4 Å². The standard InChI is InChI=1S/C25H22FN3O3/c1-2-32-23-13-17(7-9-20(23)25(30)31)22-14-24(29-15-28-22)27-12-11-16-8-10-21(26)19-6-4-3-5-18(16)19/h3-10,13-15H,2,11-12H2,1H3,(H,30,31)(H,27,28,29). The van der Waals surface area contributed by atoms with E-state index in [0.29, 0.717) is 42.2 Å². The van der Waals surface area contributed by atoms with Crippen LogP contribution in [0.2, 0.25) is 0 Å². The molecule has 1 aromatic heterocycles. The molecule has 7 heteroatoms. The zero-order chi connectivity index (χ0) is 22.5. The van der Waals surface area contributed by atoms with Gasteiger partial charge in [-0.3, -0.25) is 0 Å². The summed E-state index contributed by atoms with van der Waals surface area (Å²) in [5, 5.41) is 14.1. The number of aromatic nitrogens is 2. The molecule has 0 bridgehead atoms. The zero-order valence-electron chi connectivity index (χ0n) is 17.5. The first kappa shape index (κ1) is 21.2. The average molecular weight is 431 g/mol. The number of benzene rings is 3. The van der Waals surface area contributed by atoms with E-state index in [1.165, 1.54) is 18.5 Å². The molecule has 2 N–H and O–H groups in total. The average Bonchev–Trinajstić information content (AvgIpc) is 2.81. The number of hydrogen-bond acceptors (Lipinski definition) is 5. The second-order valence-corrected chi connectivity index (χ2v) is 7.17. The second kappa shape index (κ2) is 9.43. The van der Waals surface area contributed by atoms with E-state index in [0.717, 1.165) is 16.5 Å². The molecule has 1 heterocycles. The number of hydrogen-bond donors (Lipinski definition) is 2. The van der Waals surface area contributed by atoms with Gasteiger partial charge < -0.3 is 15.2 Å². The van der Waals surface area contributed by atoms with Crippen LogP contribution in [0.25, 0.3) is 22.0 Å². The van der Waals surface area contributed by atoms with Gasteiger partial charge >= 0.3 is 5.97 Å². The van der Waals surface area contributed by atoms with Crippen molar-refractivity contribution < 1.29 is 19.0 Å². The van der Waals surface area contributed by atoms with Gasteiger partial charge in [0.25, 0.3) is 0 Å². The summed E-state index contributed by atoms with van der Waals surface area (Å²) in [7, 11) is 0. The molecular weight excluding hydrogens is 409 g/mol. The number of nitrogens with one attached hydrogen (secondary N) is 1. The third kappa shape index (κ3) is 4.51. The first-order chi connectivity index (χ1) is 15.6. The zero-order valence-corrected chi connectivity index (χ0v) is 17.5. The van der Waals surface area contributed by atoms with Gasteiger partial charge in [0, 0.05) is 23.6 Å². The topological polar surface area (TPSA) is 84.3 Å². The van der Waals surface area contributed by atoms with Crippen molar-refractivity contribution >= 4 is 22.6 Å². The van der Waals surface area contributed by atoms with Crippen molar-refractivity contribution in [1.29, 1.82) is 0 Å². The van der Waals surface area contributed by atoms with Gasteiger partial charge in [-0.25, -0.2) is 19.2 Å². The fourth-order valence-electron chi connectivity index (χ4n) is 3.61. The lowest BCUT2D eigenvalue weighted by Crippen LogP contribution is -2.07. The molecule has 4 rings (SSSR count). The summed E-state index contributed by atoms with van der Waals surface area (Å²) >= 11 is 0. The molecular formula is C25H22FN3O3. The Morgan fingerprint density at radius 2 is 1.88 bits per heavy atom. The minimum absolute atomic E-state index is 0.106. The van der Waals surface area contributed by atoms with Crippen LogP contribution >= 0.6 is 0 Å². The number of carbonyl (C=O) groups is 1. The molecule has 162 valence electrons. The van der Waals surface area contributed by atoms with Crippen molar-refractivity contribution in [2.45, 2.75) is 13.3 Å². The summed E-state index contributed by atoms with van der Waals surface area (Å²) in [6.07, 6.45) is 2.15. The van der Waals surface area contributed by atoms with Gasteiger partial charge in [0.2, 0.25) is 0 Å². The fourth-order valence-corrected chi connectivity index (χ4v) is 3.61. The van der Waals surface area contributed by atoms with E-state index >= 15 is 0 Å². The number of carboxylic acid groups (broad SMARTS) is 1. The maximum Gasteiger partial charge on any atom is 0.339 e.